The molecule has 0 saturated carbocycles. The maximum atomic E-state index is 13.2. The Kier molecular flexibility index (Phi) is 4.90. The van der Waals surface area contributed by atoms with Gasteiger partial charge in [0.05, 0.1) is 5.56 Å². The molecule has 0 aliphatic rings. The van der Waals surface area contributed by atoms with Gasteiger partial charge in [-0.05, 0) is 29.3 Å². The summed E-state index contributed by atoms with van der Waals surface area (Å²) >= 11 is 3.27. The SMILES string of the molecule is CC(=O)Oc1ccc(CBr)cc1-c1ccccc1C(F)(F)F. The third kappa shape index (κ3) is 3.68. The first kappa shape index (κ1) is 16.5. The molecule has 116 valence electrons. The molecule has 0 aliphatic carbocycles. The molecule has 0 amide bonds. The first-order chi connectivity index (χ1) is 10.3. The zero-order valence-electron chi connectivity index (χ0n) is 11.6. The van der Waals surface area contributed by atoms with Gasteiger partial charge in [0, 0.05) is 17.8 Å². The molecular weight excluding hydrogens is 361 g/mol. The highest BCUT2D eigenvalue weighted by molar-refractivity contribution is 9.08. The number of hydrogen-bond acceptors (Lipinski definition) is 2. The second-order valence-electron chi connectivity index (χ2n) is 4.60. The van der Waals surface area contributed by atoms with Crippen LogP contribution in [0.25, 0.3) is 11.1 Å². The van der Waals surface area contributed by atoms with Crippen molar-refractivity contribution in [3.05, 3.63) is 53.6 Å². The van der Waals surface area contributed by atoms with Crippen molar-refractivity contribution >= 4 is 21.9 Å². The van der Waals surface area contributed by atoms with Crippen molar-refractivity contribution in [1.82, 2.24) is 0 Å². The molecule has 2 nitrogen and oxygen atoms in total. The van der Waals surface area contributed by atoms with Crippen molar-refractivity contribution in [1.29, 1.82) is 0 Å². The minimum Gasteiger partial charge on any atom is -0.426 e. The molecule has 2 rings (SSSR count). The molecule has 2 aromatic rings. The highest BCUT2D eigenvalue weighted by atomic mass is 79.9. The van der Waals surface area contributed by atoms with E-state index in [4.69, 9.17) is 4.74 Å². The standard InChI is InChI=1S/C16H12BrF3O2/c1-10(21)22-15-7-6-11(9-17)8-13(15)12-4-2-3-5-14(12)16(18,19)20/h2-8H,9H2,1H3. The smallest absolute Gasteiger partial charge is 0.417 e. The lowest BCUT2D eigenvalue weighted by molar-refractivity contribution is -0.137. The van der Waals surface area contributed by atoms with Gasteiger partial charge in [0.15, 0.2) is 0 Å². The van der Waals surface area contributed by atoms with E-state index in [1.165, 1.54) is 31.2 Å². The fourth-order valence-electron chi connectivity index (χ4n) is 2.08. The predicted octanol–water partition coefficient (Wildman–Crippen LogP) is 5.19. The number of hydrogen-bond donors (Lipinski definition) is 0. The lowest BCUT2D eigenvalue weighted by Gasteiger charge is -2.16. The lowest BCUT2D eigenvalue weighted by Crippen LogP contribution is -2.08. The molecule has 0 bridgehead atoms. The number of carbonyl (C=O) groups is 1. The number of alkyl halides is 4. The number of esters is 1. The quantitative estimate of drug-likeness (QED) is 0.420. The van der Waals surface area contributed by atoms with E-state index in [1.807, 2.05) is 0 Å². The van der Waals surface area contributed by atoms with Gasteiger partial charge >= 0.3 is 12.1 Å². The van der Waals surface area contributed by atoms with Gasteiger partial charge in [-0.25, -0.2) is 0 Å². The van der Waals surface area contributed by atoms with Gasteiger partial charge in [0.2, 0.25) is 0 Å². The van der Waals surface area contributed by atoms with E-state index in [0.29, 0.717) is 5.33 Å². The van der Waals surface area contributed by atoms with E-state index in [0.717, 1.165) is 11.6 Å². The van der Waals surface area contributed by atoms with Crippen molar-refractivity contribution in [2.24, 2.45) is 0 Å². The van der Waals surface area contributed by atoms with Gasteiger partial charge in [0.25, 0.3) is 0 Å². The zero-order valence-corrected chi connectivity index (χ0v) is 13.2. The van der Waals surface area contributed by atoms with Crippen LogP contribution in [0.4, 0.5) is 13.2 Å². The van der Waals surface area contributed by atoms with Crippen LogP contribution in [0.15, 0.2) is 42.5 Å². The van der Waals surface area contributed by atoms with E-state index in [1.54, 1.807) is 12.1 Å². The molecule has 0 saturated heterocycles. The van der Waals surface area contributed by atoms with Crippen molar-refractivity contribution in [3.63, 3.8) is 0 Å². The zero-order chi connectivity index (χ0) is 16.3. The molecule has 0 unspecified atom stereocenters. The molecule has 0 aromatic heterocycles. The second kappa shape index (κ2) is 6.52. The normalized spacial score (nSPS) is 11.3. The summed E-state index contributed by atoms with van der Waals surface area (Å²) in [5.74, 6) is -0.480. The Morgan fingerprint density at radius 2 is 1.82 bits per heavy atom. The molecule has 0 radical (unpaired) electrons. The Labute approximate surface area is 134 Å². The molecule has 0 heterocycles. The van der Waals surface area contributed by atoms with Gasteiger partial charge in [-0.3, -0.25) is 4.79 Å². The monoisotopic (exact) mass is 372 g/mol. The Bertz CT molecular complexity index is 696. The first-order valence-corrected chi connectivity index (χ1v) is 7.49. The van der Waals surface area contributed by atoms with Gasteiger partial charge < -0.3 is 4.74 Å². The van der Waals surface area contributed by atoms with Crippen LogP contribution < -0.4 is 4.74 Å². The summed E-state index contributed by atoms with van der Waals surface area (Å²) in [5.41, 5.74) is 0.229. The summed E-state index contributed by atoms with van der Waals surface area (Å²) in [6.07, 6.45) is -4.49. The fourth-order valence-corrected chi connectivity index (χ4v) is 2.43. The highest BCUT2D eigenvalue weighted by Crippen LogP contribution is 2.40. The summed E-state index contributed by atoms with van der Waals surface area (Å²) in [6, 6.07) is 9.98. The van der Waals surface area contributed by atoms with Gasteiger partial charge in [0.1, 0.15) is 5.75 Å². The number of ether oxygens (including phenoxy) is 1. The van der Waals surface area contributed by atoms with Crippen LogP contribution in [0.3, 0.4) is 0 Å². The van der Waals surface area contributed by atoms with Crippen LogP contribution in [-0.4, -0.2) is 5.97 Å². The van der Waals surface area contributed by atoms with Crippen LogP contribution in [0.5, 0.6) is 5.75 Å². The molecule has 2 aromatic carbocycles. The maximum Gasteiger partial charge on any atom is 0.417 e. The highest BCUT2D eigenvalue weighted by Gasteiger charge is 2.34. The molecule has 6 heteroatoms. The molecule has 22 heavy (non-hydrogen) atoms. The average molecular weight is 373 g/mol. The summed E-state index contributed by atoms with van der Waals surface area (Å²) < 4.78 is 44.6. The number of rotatable bonds is 3. The molecule has 0 atom stereocenters. The fraction of sp³-hybridized carbons (Fsp3) is 0.188. The predicted molar refractivity (Wildman–Crippen MR) is 80.8 cm³/mol. The summed E-state index contributed by atoms with van der Waals surface area (Å²) in [4.78, 5) is 11.2. The first-order valence-electron chi connectivity index (χ1n) is 6.37. The number of halogens is 4. The topological polar surface area (TPSA) is 26.3 Å². The van der Waals surface area contributed by atoms with Crippen molar-refractivity contribution in [2.75, 3.05) is 0 Å². The van der Waals surface area contributed by atoms with Crippen LogP contribution >= 0.6 is 15.9 Å². The summed E-state index contributed by atoms with van der Waals surface area (Å²) in [6.45, 7) is 1.21. The number of carbonyl (C=O) groups excluding carboxylic acids is 1. The van der Waals surface area contributed by atoms with Crippen molar-refractivity contribution in [3.8, 4) is 16.9 Å². The van der Waals surface area contributed by atoms with Crippen molar-refractivity contribution < 1.29 is 22.7 Å². The van der Waals surface area contributed by atoms with Crippen LogP contribution in [0.2, 0.25) is 0 Å². The van der Waals surface area contributed by atoms with Crippen LogP contribution in [-0.2, 0) is 16.3 Å². The van der Waals surface area contributed by atoms with Gasteiger partial charge in [-0.2, -0.15) is 13.2 Å². The van der Waals surface area contributed by atoms with Crippen LogP contribution in [0, 0.1) is 0 Å². The number of benzene rings is 2. The van der Waals surface area contributed by atoms with E-state index < -0.39 is 17.7 Å². The third-order valence-corrected chi connectivity index (χ3v) is 3.62. The Hall–Kier alpha value is -1.82. The van der Waals surface area contributed by atoms with Crippen molar-refractivity contribution in [2.45, 2.75) is 18.4 Å². The lowest BCUT2D eigenvalue weighted by atomic mass is 9.97. The Morgan fingerprint density at radius 3 is 2.41 bits per heavy atom. The van der Waals surface area contributed by atoms with Gasteiger partial charge in [-0.1, -0.05) is 40.2 Å². The van der Waals surface area contributed by atoms with Gasteiger partial charge in [-0.15, -0.1) is 0 Å². The molecule has 0 spiro atoms. The molecular formula is C16H12BrF3O2. The average Bonchev–Trinajstić information content (AvgIpc) is 2.46. The van der Waals surface area contributed by atoms with E-state index in [2.05, 4.69) is 15.9 Å². The Balaban J connectivity index is 2.67. The largest absolute Gasteiger partial charge is 0.426 e. The van der Waals surface area contributed by atoms with E-state index >= 15 is 0 Å². The van der Waals surface area contributed by atoms with E-state index in [-0.39, 0.29) is 16.9 Å². The molecule has 0 fully saturated rings. The summed E-state index contributed by atoms with van der Waals surface area (Å²) in [7, 11) is 0. The third-order valence-electron chi connectivity index (χ3n) is 2.97. The Morgan fingerprint density at radius 1 is 1.14 bits per heavy atom. The molecule has 0 aliphatic heterocycles. The van der Waals surface area contributed by atoms with Crippen LogP contribution in [0.1, 0.15) is 18.1 Å². The second-order valence-corrected chi connectivity index (χ2v) is 5.16. The molecule has 0 N–H and O–H groups in total. The van der Waals surface area contributed by atoms with E-state index in [9.17, 15) is 18.0 Å². The minimum atomic E-state index is -4.49. The minimum absolute atomic E-state index is 0.0194. The summed E-state index contributed by atoms with van der Waals surface area (Å²) in [5, 5.41) is 0.481. The maximum absolute atomic E-state index is 13.2.